The zero-order valence-electron chi connectivity index (χ0n) is 14.9. The minimum absolute atomic E-state index is 0.103. The highest BCUT2D eigenvalue weighted by Gasteiger charge is 2.22. The number of rotatable bonds is 5. The third kappa shape index (κ3) is 3.81. The molecule has 136 valence electrons. The summed E-state index contributed by atoms with van der Waals surface area (Å²) in [5.41, 5.74) is 2.86. The molecule has 2 N–H and O–H groups in total. The van der Waals surface area contributed by atoms with E-state index in [4.69, 9.17) is 0 Å². The molecule has 1 unspecified atom stereocenters. The largest absolute Gasteiger partial charge is 0.326 e. The first-order valence-corrected chi connectivity index (χ1v) is 10.1. The highest BCUT2D eigenvalue weighted by atomic mass is 32.1. The van der Waals surface area contributed by atoms with Gasteiger partial charge in [0.15, 0.2) is 4.96 Å². The Hall–Kier alpha value is -2.18. The summed E-state index contributed by atoms with van der Waals surface area (Å²) >= 11 is 1.62. The number of thiazole rings is 1. The van der Waals surface area contributed by atoms with E-state index >= 15 is 0 Å². The van der Waals surface area contributed by atoms with E-state index in [1.165, 1.54) is 12.8 Å². The number of nitrogens with zero attached hydrogens (tertiary/aromatic N) is 2. The summed E-state index contributed by atoms with van der Waals surface area (Å²) in [7, 11) is 0. The van der Waals surface area contributed by atoms with Crippen LogP contribution in [-0.4, -0.2) is 28.4 Å². The standard InChI is InChI=1S/C20H24N4OS/c1-14(15-6-8-21-9-7-15)12-19(25)22-17-4-2-16(3-5-17)18-13-24-10-11-26-20(24)23-18/h2-5,10-11,13-15,21H,6-9,12H2,1H3,(H,22,25). The summed E-state index contributed by atoms with van der Waals surface area (Å²) in [5, 5.41) is 8.44. The molecule has 1 fully saturated rings. The van der Waals surface area contributed by atoms with Crippen LogP contribution in [0.3, 0.4) is 0 Å². The van der Waals surface area contributed by atoms with Gasteiger partial charge in [0.1, 0.15) is 0 Å². The molecular weight excluding hydrogens is 344 g/mol. The van der Waals surface area contributed by atoms with Gasteiger partial charge in [0.05, 0.1) is 5.69 Å². The molecule has 5 nitrogen and oxygen atoms in total. The summed E-state index contributed by atoms with van der Waals surface area (Å²) in [6.45, 7) is 4.34. The molecule has 1 atom stereocenters. The van der Waals surface area contributed by atoms with Crippen molar-refractivity contribution in [2.24, 2.45) is 11.8 Å². The van der Waals surface area contributed by atoms with Crippen LogP contribution in [0.4, 0.5) is 5.69 Å². The lowest BCUT2D eigenvalue weighted by molar-refractivity contribution is -0.117. The molecule has 1 aliphatic heterocycles. The monoisotopic (exact) mass is 368 g/mol. The van der Waals surface area contributed by atoms with Gasteiger partial charge in [-0.3, -0.25) is 9.20 Å². The fourth-order valence-corrected chi connectivity index (χ4v) is 4.38. The number of hydrogen-bond donors (Lipinski definition) is 2. The molecule has 1 saturated heterocycles. The molecule has 0 aliphatic carbocycles. The number of aromatic nitrogens is 2. The summed E-state index contributed by atoms with van der Waals surface area (Å²) in [4.78, 5) is 18.0. The Morgan fingerprint density at radius 2 is 2.12 bits per heavy atom. The van der Waals surface area contributed by atoms with E-state index in [2.05, 4.69) is 22.5 Å². The number of carbonyl (C=O) groups excluding carboxylic acids is 1. The maximum atomic E-state index is 12.4. The van der Waals surface area contributed by atoms with Crippen molar-refractivity contribution in [3.05, 3.63) is 42.0 Å². The molecule has 2 aromatic heterocycles. The van der Waals surface area contributed by atoms with E-state index in [1.807, 2.05) is 46.4 Å². The molecule has 3 aromatic rings. The van der Waals surface area contributed by atoms with E-state index in [0.717, 1.165) is 35.0 Å². The van der Waals surface area contributed by atoms with Gasteiger partial charge in [0.25, 0.3) is 0 Å². The summed E-state index contributed by atoms with van der Waals surface area (Å²) in [6.07, 6.45) is 6.97. The second-order valence-corrected chi connectivity index (χ2v) is 7.99. The molecule has 3 heterocycles. The zero-order chi connectivity index (χ0) is 17.9. The smallest absolute Gasteiger partial charge is 0.224 e. The Balaban J connectivity index is 1.36. The van der Waals surface area contributed by atoms with Crippen LogP contribution in [0.15, 0.2) is 42.0 Å². The quantitative estimate of drug-likeness (QED) is 0.715. The third-order valence-electron chi connectivity index (χ3n) is 5.25. The van der Waals surface area contributed by atoms with Crippen LogP contribution in [0.2, 0.25) is 0 Å². The van der Waals surface area contributed by atoms with Crippen LogP contribution < -0.4 is 10.6 Å². The van der Waals surface area contributed by atoms with Crippen LogP contribution in [-0.2, 0) is 4.79 Å². The number of benzene rings is 1. The molecule has 0 bridgehead atoms. The van der Waals surface area contributed by atoms with Gasteiger partial charge in [0.2, 0.25) is 5.91 Å². The normalized spacial score (nSPS) is 16.7. The lowest BCUT2D eigenvalue weighted by Gasteiger charge is -2.27. The highest BCUT2D eigenvalue weighted by Crippen LogP contribution is 2.26. The van der Waals surface area contributed by atoms with Crippen molar-refractivity contribution in [1.82, 2.24) is 14.7 Å². The van der Waals surface area contributed by atoms with Crippen molar-refractivity contribution in [3.8, 4) is 11.3 Å². The van der Waals surface area contributed by atoms with Crippen LogP contribution >= 0.6 is 11.3 Å². The predicted octanol–water partition coefficient (Wildman–Crippen LogP) is 4.03. The van der Waals surface area contributed by atoms with Crippen LogP contribution in [0, 0.1) is 11.8 Å². The minimum atomic E-state index is 0.103. The first-order chi connectivity index (χ1) is 12.7. The summed E-state index contributed by atoms with van der Waals surface area (Å²) in [6, 6.07) is 7.93. The summed E-state index contributed by atoms with van der Waals surface area (Å²) in [5.74, 6) is 1.18. The molecule has 6 heteroatoms. The van der Waals surface area contributed by atoms with E-state index in [9.17, 15) is 4.79 Å². The lowest BCUT2D eigenvalue weighted by atomic mass is 9.84. The number of amides is 1. The van der Waals surface area contributed by atoms with Gasteiger partial charge in [-0.1, -0.05) is 19.1 Å². The SMILES string of the molecule is CC(CC(=O)Nc1ccc(-c2cn3ccsc3n2)cc1)C1CCNCC1. The highest BCUT2D eigenvalue weighted by molar-refractivity contribution is 7.15. The molecule has 26 heavy (non-hydrogen) atoms. The predicted molar refractivity (Wildman–Crippen MR) is 107 cm³/mol. The molecule has 1 aliphatic rings. The lowest BCUT2D eigenvalue weighted by Crippen LogP contribution is -2.32. The van der Waals surface area contributed by atoms with E-state index in [1.54, 1.807) is 11.3 Å². The Labute approximate surface area is 157 Å². The van der Waals surface area contributed by atoms with Crippen molar-refractivity contribution < 1.29 is 4.79 Å². The van der Waals surface area contributed by atoms with Gasteiger partial charge < -0.3 is 10.6 Å². The average Bonchev–Trinajstić information content (AvgIpc) is 3.25. The molecule has 0 radical (unpaired) electrons. The van der Waals surface area contributed by atoms with E-state index in [-0.39, 0.29) is 5.91 Å². The van der Waals surface area contributed by atoms with Gasteiger partial charge in [-0.05, 0) is 49.9 Å². The van der Waals surface area contributed by atoms with Crippen molar-refractivity contribution in [2.45, 2.75) is 26.2 Å². The molecule has 4 rings (SSSR count). The third-order valence-corrected chi connectivity index (χ3v) is 6.02. The molecule has 0 saturated carbocycles. The maximum Gasteiger partial charge on any atom is 0.224 e. The topological polar surface area (TPSA) is 58.4 Å². The van der Waals surface area contributed by atoms with Gasteiger partial charge >= 0.3 is 0 Å². The number of fused-ring (bicyclic) bond motifs is 1. The second kappa shape index (κ2) is 7.60. The van der Waals surface area contributed by atoms with Gasteiger partial charge in [-0.15, -0.1) is 11.3 Å². The molecule has 1 amide bonds. The van der Waals surface area contributed by atoms with Crippen LogP contribution in [0.25, 0.3) is 16.2 Å². The van der Waals surface area contributed by atoms with Crippen molar-refractivity contribution >= 4 is 27.9 Å². The first kappa shape index (κ1) is 17.2. The Kier molecular flexibility index (Phi) is 5.04. The van der Waals surface area contributed by atoms with Crippen LogP contribution in [0.5, 0.6) is 0 Å². The number of piperidine rings is 1. The molecule has 0 spiro atoms. The van der Waals surface area contributed by atoms with E-state index < -0.39 is 0 Å². The fourth-order valence-electron chi connectivity index (χ4n) is 3.68. The average molecular weight is 369 g/mol. The second-order valence-electron chi connectivity index (χ2n) is 7.11. The molecule has 1 aromatic carbocycles. The van der Waals surface area contributed by atoms with Crippen molar-refractivity contribution in [3.63, 3.8) is 0 Å². The Morgan fingerprint density at radius 1 is 1.35 bits per heavy atom. The van der Waals surface area contributed by atoms with E-state index in [0.29, 0.717) is 18.3 Å². The summed E-state index contributed by atoms with van der Waals surface area (Å²) < 4.78 is 2.03. The molecular formula is C20H24N4OS. The Bertz CT molecular complexity index is 848. The zero-order valence-corrected chi connectivity index (χ0v) is 15.8. The van der Waals surface area contributed by atoms with Gasteiger partial charge in [0, 0.05) is 35.4 Å². The number of carbonyl (C=O) groups is 1. The first-order valence-electron chi connectivity index (χ1n) is 9.22. The van der Waals surface area contributed by atoms with Gasteiger partial charge in [-0.2, -0.15) is 0 Å². The number of anilines is 1. The number of hydrogen-bond acceptors (Lipinski definition) is 4. The number of imidazole rings is 1. The fraction of sp³-hybridized carbons (Fsp3) is 0.400. The van der Waals surface area contributed by atoms with Crippen molar-refractivity contribution in [2.75, 3.05) is 18.4 Å². The Morgan fingerprint density at radius 3 is 2.85 bits per heavy atom. The van der Waals surface area contributed by atoms with Crippen molar-refractivity contribution in [1.29, 1.82) is 0 Å². The van der Waals surface area contributed by atoms with Crippen LogP contribution in [0.1, 0.15) is 26.2 Å². The maximum absolute atomic E-state index is 12.4. The number of nitrogens with one attached hydrogen (secondary N) is 2. The minimum Gasteiger partial charge on any atom is -0.326 e. The van der Waals surface area contributed by atoms with Gasteiger partial charge in [-0.25, -0.2) is 4.98 Å².